The summed E-state index contributed by atoms with van der Waals surface area (Å²) in [6, 6.07) is 12.8. The molecule has 1 saturated heterocycles. The number of anilines is 1. The van der Waals surface area contributed by atoms with Gasteiger partial charge in [0.05, 0.1) is 0 Å². The molecule has 0 unspecified atom stereocenters. The van der Waals surface area contributed by atoms with Crippen LogP contribution in [0.25, 0.3) is 16.9 Å². The van der Waals surface area contributed by atoms with Gasteiger partial charge in [0.1, 0.15) is 24.5 Å². The SMILES string of the molecule is Cc1nc(-n2cncn2)ccc1-c1ccc(OC2CCN(c3nc(C(C)C)no3)CC2)cc1. The van der Waals surface area contributed by atoms with Crippen LogP contribution >= 0.6 is 0 Å². The summed E-state index contributed by atoms with van der Waals surface area (Å²) >= 11 is 0. The molecule has 33 heavy (non-hydrogen) atoms. The molecule has 1 aromatic carbocycles. The number of piperidine rings is 1. The summed E-state index contributed by atoms with van der Waals surface area (Å²) in [5, 5.41) is 8.20. The highest BCUT2D eigenvalue weighted by Gasteiger charge is 2.24. The van der Waals surface area contributed by atoms with Crippen molar-refractivity contribution in [3.05, 3.63) is 60.6 Å². The van der Waals surface area contributed by atoms with Crippen LogP contribution in [0.15, 0.2) is 53.6 Å². The van der Waals surface area contributed by atoms with Gasteiger partial charge >= 0.3 is 6.01 Å². The van der Waals surface area contributed by atoms with E-state index in [1.807, 2.05) is 25.1 Å². The molecule has 0 aliphatic carbocycles. The minimum absolute atomic E-state index is 0.171. The summed E-state index contributed by atoms with van der Waals surface area (Å²) in [6.45, 7) is 7.80. The lowest BCUT2D eigenvalue weighted by atomic mass is 10.0. The second kappa shape index (κ2) is 9.01. The summed E-state index contributed by atoms with van der Waals surface area (Å²) in [5.74, 6) is 2.64. The summed E-state index contributed by atoms with van der Waals surface area (Å²) < 4.78 is 13.3. The van der Waals surface area contributed by atoms with E-state index in [2.05, 4.69) is 62.2 Å². The van der Waals surface area contributed by atoms with Crippen LogP contribution in [0.2, 0.25) is 0 Å². The van der Waals surface area contributed by atoms with E-state index in [-0.39, 0.29) is 12.0 Å². The van der Waals surface area contributed by atoms with Crippen molar-refractivity contribution in [2.75, 3.05) is 18.0 Å². The van der Waals surface area contributed by atoms with Crippen LogP contribution < -0.4 is 9.64 Å². The van der Waals surface area contributed by atoms with Crippen LogP contribution in [0.3, 0.4) is 0 Å². The van der Waals surface area contributed by atoms with Gasteiger partial charge in [-0.25, -0.2) is 14.6 Å². The molecule has 0 N–H and O–H groups in total. The molecule has 170 valence electrons. The van der Waals surface area contributed by atoms with Gasteiger partial charge in [-0.3, -0.25) is 0 Å². The molecule has 4 heterocycles. The maximum Gasteiger partial charge on any atom is 0.324 e. The van der Waals surface area contributed by atoms with E-state index in [9.17, 15) is 0 Å². The lowest BCUT2D eigenvalue weighted by molar-refractivity contribution is 0.168. The first-order valence-corrected chi connectivity index (χ1v) is 11.2. The summed E-state index contributed by atoms with van der Waals surface area (Å²) in [5.41, 5.74) is 3.12. The first-order valence-electron chi connectivity index (χ1n) is 11.2. The van der Waals surface area contributed by atoms with Crippen molar-refractivity contribution in [2.45, 2.75) is 45.6 Å². The number of ether oxygens (including phenoxy) is 1. The van der Waals surface area contributed by atoms with Crippen LogP contribution in [0, 0.1) is 6.92 Å². The minimum atomic E-state index is 0.171. The number of benzene rings is 1. The van der Waals surface area contributed by atoms with Crippen molar-refractivity contribution in [3.63, 3.8) is 0 Å². The highest BCUT2D eigenvalue weighted by Crippen LogP contribution is 2.28. The molecule has 9 heteroatoms. The van der Waals surface area contributed by atoms with Gasteiger partial charge in [0, 0.05) is 43.1 Å². The maximum absolute atomic E-state index is 6.24. The standard InChI is InChI=1S/C24H27N7O2/c1-16(2)23-28-24(33-29-23)30-12-10-20(11-13-30)32-19-6-4-18(5-7-19)21-8-9-22(27-17(21)3)31-15-25-14-26-31/h4-9,14-16,20H,10-13H2,1-3H3. The van der Waals surface area contributed by atoms with Gasteiger partial charge in [-0.1, -0.05) is 31.1 Å². The van der Waals surface area contributed by atoms with Crippen LogP contribution in [0.1, 0.15) is 44.1 Å². The molecule has 9 nitrogen and oxygen atoms in total. The van der Waals surface area contributed by atoms with Gasteiger partial charge in [0.2, 0.25) is 0 Å². The molecule has 0 atom stereocenters. The molecule has 0 spiro atoms. The Labute approximate surface area is 192 Å². The average Bonchev–Trinajstić information content (AvgIpc) is 3.53. The topological polar surface area (TPSA) is 95.0 Å². The molecule has 0 saturated carbocycles. The number of pyridine rings is 1. The fourth-order valence-corrected chi connectivity index (χ4v) is 3.97. The third-order valence-corrected chi connectivity index (χ3v) is 5.85. The predicted molar refractivity (Wildman–Crippen MR) is 124 cm³/mol. The summed E-state index contributed by atoms with van der Waals surface area (Å²) in [7, 11) is 0. The van der Waals surface area contributed by atoms with Crippen molar-refractivity contribution in [3.8, 4) is 22.7 Å². The van der Waals surface area contributed by atoms with E-state index < -0.39 is 0 Å². The van der Waals surface area contributed by atoms with E-state index >= 15 is 0 Å². The van der Waals surface area contributed by atoms with Gasteiger partial charge in [-0.15, -0.1) is 0 Å². The molecule has 0 amide bonds. The van der Waals surface area contributed by atoms with Crippen molar-refractivity contribution < 1.29 is 9.26 Å². The van der Waals surface area contributed by atoms with E-state index in [0.717, 1.165) is 60.1 Å². The number of aryl methyl sites for hydroxylation is 1. The highest BCUT2D eigenvalue weighted by atomic mass is 16.5. The normalized spacial score (nSPS) is 14.7. The lowest BCUT2D eigenvalue weighted by Crippen LogP contribution is -2.38. The Kier molecular flexibility index (Phi) is 5.77. The number of rotatable bonds is 6. The lowest BCUT2D eigenvalue weighted by Gasteiger charge is -2.30. The van der Waals surface area contributed by atoms with Crippen molar-refractivity contribution in [1.29, 1.82) is 0 Å². The molecule has 3 aromatic heterocycles. The minimum Gasteiger partial charge on any atom is -0.490 e. The molecular formula is C24H27N7O2. The molecular weight excluding hydrogens is 418 g/mol. The molecule has 5 rings (SSSR count). The third-order valence-electron chi connectivity index (χ3n) is 5.85. The number of hydrogen-bond donors (Lipinski definition) is 0. The number of aromatic nitrogens is 6. The van der Waals surface area contributed by atoms with E-state index in [0.29, 0.717) is 6.01 Å². The Morgan fingerprint density at radius 3 is 2.45 bits per heavy atom. The van der Waals surface area contributed by atoms with Gasteiger partial charge in [0.25, 0.3) is 0 Å². The van der Waals surface area contributed by atoms with E-state index in [1.54, 1.807) is 11.0 Å². The molecule has 4 aromatic rings. The van der Waals surface area contributed by atoms with Gasteiger partial charge in [-0.2, -0.15) is 10.1 Å². The first kappa shape index (κ1) is 21.1. The smallest absolute Gasteiger partial charge is 0.324 e. The zero-order valence-electron chi connectivity index (χ0n) is 19.0. The van der Waals surface area contributed by atoms with Gasteiger partial charge in [-0.05, 0) is 36.8 Å². The fourth-order valence-electron chi connectivity index (χ4n) is 3.97. The second-order valence-corrected chi connectivity index (χ2v) is 8.56. The van der Waals surface area contributed by atoms with Gasteiger partial charge in [0.15, 0.2) is 11.6 Å². The van der Waals surface area contributed by atoms with E-state index in [1.165, 1.54) is 6.33 Å². The summed E-state index contributed by atoms with van der Waals surface area (Å²) in [6.07, 6.45) is 5.14. The molecule has 1 aliphatic heterocycles. The van der Waals surface area contributed by atoms with Crippen molar-refractivity contribution in [2.24, 2.45) is 0 Å². The average molecular weight is 446 g/mol. The Bertz CT molecular complexity index is 1190. The van der Waals surface area contributed by atoms with Crippen molar-refractivity contribution >= 4 is 6.01 Å². The number of nitrogens with zero attached hydrogens (tertiary/aromatic N) is 7. The van der Waals surface area contributed by atoms with Crippen molar-refractivity contribution in [1.82, 2.24) is 29.9 Å². The van der Waals surface area contributed by atoms with Crippen LogP contribution in [-0.2, 0) is 0 Å². The third kappa shape index (κ3) is 4.57. The van der Waals surface area contributed by atoms with Crippen LogP contribution in [0.4, 0.5) is 6.01 Å². The first-order chi connectivity index (χ1) is 16.1. The predicted octanol–water partition coefficient (Wildman–Crippen LogP) is 4.19. The van der Waals surface area contributed by atoms with E-state index in [4.69, 9.17) is 9.26 Å². The number of hydrogen-bond acceptors (Lipinski definition) is 8. The molecule has 0 radical (unpaired) electrons. The second-order valence-electron chi connectivity index (χ2n) is 8.56. The Hall–Kier alpha value is -3.75. The molecule has 1 aliphatic rings. The zero-order chi connectivity index (χ0) is 22.8. The largest absolute Gasteiger partial charge is 0.490 e. The Morgan fingerprint density at radius 2 is 1.82 bits per heavy atom. The zero-order valence-corrected chi connectivity index (χ0v) is 19.0. The maximum atomic E-state index is 6.24. The monoisotopic (exact) mass is 445 g/mol. The van der Waals surface area contributed by atoms with Crippen LogP contribution in [0.5, 0.6) is 5.75 Å². The van der Waals surface area contributed by atoms with Gasteiger partial charge < -0.3 is 14.2 Å². The highest BCUT2D eigenvalue weighted by molar-refractivity contribution is 5.67. The quantitative estimate of drug-likeness (QED) is 0.436. The Balaban J connectivity index is 1.19. The Morgan fingerprint density at radius 1 is 1.03 bits per heavy atom. The molecule has 0 bridgehead atoms. The fraction of sp³-hybridized carbons (Fsp3) is 0.375. The summed E-state index contributed by atoms with van der Waals surface area (Å²) in [4.78, 5) is 15.3. The molecule has 1 fully saturated rings. The van der Waals surface area contributed by atoms with Crippen LogP contribution in [-0.4, -0.2) is 49.1 Å².